The monoisotopic (exact) mass is 397 g/mol. The van der Waals surface area contributed by atoms with Crippen LogP contribution in [-0.2, 0) is 26.5 Å². The van der Waals surface area contributed by atoms with Gasteiger partial charge in [-0.05, 0) is 55.5 Å². The highest BCUT2D eigenvalue weighted by atomic mass is 32.2. The zero-order chi connectivity index (χ0) is 19.5. The fraction of sp³-hybridized carbons (Fsp3) is 0.409. The number of benzene rings is 2. The maximum absolute atomic E-state index is 13.5. The van der Waals surface area contributed by atoms with Crippen molar-refractivity contribution in [2.75, 3.05) is 24.3 Å². The number of anilines is 1. The number of sulfone groups is 1. The fourth-order valence-electron chi connectivity index (χ4n) is 4.91. The van der Waals surface area contributed by atoms with Crippen molar-refractivity contribution in [2.24, 2.45) is 5.92 Å². The normalized spacial score (nSPS) is 25.6. The molecule has 1 spiro atoms. The van der Waals surface area contributed by atoms with Crippen molar-refractivity contribution in [2.45, 2.75) is 36.0 Å². The van der Waals surface area contributed by atoms with E-state index in [2.05, 4.69) is 6.07 Å². The molecule has 2 aromatic carbocycles. The number of nitrogens with zero attached hydrogens (tertiary/aromatic N) is 1. The van der Waals surface area contributed by atoms with Gasteiger partial charge in [-0.2, -0.15) is 0 Å². The van der Waals surface area contributed by atoms with Gasteiger partial charge in [0.25, 0.3) is 0 Å². The minimum absolute atomic E-state index is 0.0296. The predicted molar refractivity (Wildman–Crippen MR) is 107 cm³/mol. The molecule has 5 nitrogen and oxygen atoms in total. The second-order valence-electron chi connectivity index (χ2n) is 8.16. The van der Waals surface area contributed by atoms with Crippen LogP contribution in [0.3, 0.4) is 0 Å². The molecule has 3 aliphatic rings. The van der Waals surface area contributed by atoms with Gasteiger partial charge in [-0.15, -0.1) is 0 Å². The smallest absolute Gasteiger partial charge is 0.231 e. The summed E-state index contributed by atoms with van der Waals surface area (Å²) in [5, 5.41) is 0. The number of carbonyl (C=O) groups is 1. The lowest BCUT2D eigenvalue weighted by molar-refractivity contribution is -0.120. The van der Waals surface area contributed by atoms with E-state index in [0.29, 0.717) is 18.0 Å². The minimum atomic E-state index is -3.25. The molecule has 1 amide bonds. The van der Waals surface area contributed by atoms with Gasteiger partial charge in [-0.3, -0.25) is 4.79 Å². The number of para-hydroxylation sites is 1. The molecule has 2 aromatic rings. The molecule has 0 unspecified atom stereocenters. The van der Waals surface area contributed by atoms with Gasteiger partial charge in [-0.25, -0.2) is 8.42 Å². The molecule has 6 heteroatoms. The number of fused-ring (bicyclic) bond motifs is 3. The van der Waals surface area contributed by atoms with Crippen molar-refractivity contribution < 1.29 is 17.9 Å². The summed E-state index contributed by atoms with van der Waals surface area (Å²) in [5.41, 5.74) is 2.87. The Hall–Kier alpha value is -2.34. The summed E-state index contributed by atoms with van der Waals surface area (Å²) < 4.78 is 29.6. The van der Waals surface area contributed by atoms with E-state index in [1.807, 2.05) is 23.1 Å². The SMILES string of the molecule is CS(=O)(=O)c1ccc2c(c1)CCCN2C(=O)[C@@H]1C[C@]12CCOc1ccccc12. The zero-order valence-corrected chi connectivity index (χ0v) is 16.7. The minimum Gasteiger partial charge on any atom is -0.493 e. The first-order valence-electron chi connectivity index (χ1n) is 9.77. The Labute approximate surface area is 165 Å². The summed E-state index contributed by atoms with van der Waals surface area (Å²) in [5.74, 6) is 1.03. The van der Waals surface area contributed by atoms with Gasteiger partial charge < -0.3 is 9.64 Å². The number of carbonyl (C=O) groups excluding carboxylic acids is 1. The van der Waals surface area contributed by atoms with Crippen molar-refractivity contribution in [1.82, 2.24) is 0 Å². The van der Waals surface area contributed by atoms with Crippen LogP contribution in [0.5, 0.6) is 5.75 Å². The number of hydrogen-bond acceptors (Lipinski definition) is 4. The lowest BCUT2D eigenvalue weighted by atomic mass is 9.87. The molecule has 0 bridgehead atoms. The molecule has 1 aliphatic carbocycles. The van der Waals surface area contributed by atoms with Crippen LogP contribution in [0, 0.1) is 5.92 Å². The molecule has 0 radical (unpaired) electrons. The molecule has 146 valence electrons. The van der Waals surface area contributed by atoms with Crippen LogP contribution in [0.4, 0.5) is 5.69 Å². The second-order valence-corrected chi connectivity index (χ2v) is 10.2. The molecule has 1 saturated carbocycles. The van der Waals surface area contributed by atoms with Crippen LogP contribution >= 0.6 is 0 Å². The second kappa shape index (κ2) is 6.08. The molecule has 2 heterocycles. The largest absolute Gasteiger partial charge is 0.493 e. The van der Waals surface area contributed by atoms with Crippen LogP contribution in [0.1, 0.15) is 30.4 Å². The molecule has 0 saturated heterocycles. The maximum atomic E-state index is 13.5. The van der Waals surface area contributed by atoms with Crippen molar-refractivity contribution >= 4 is 21.4 Å². The van der Waals surface area contributed by atoms with Gasteiger partial charge >= 0.3 is 0 Å². The number of rotatable bonds is 2. The van der Waals surface area contributed by atoms with Crippen molar-refractivity contribution in [3.63, 3.8) is 0 Å². The average Bonchev–Trinajstić information content (AvgIpc) is 3.41. The van der Waals surface area contributed by atoms with Gasteiger partial charge in [0, 0.05) is 35.4 Å². The molecule has 1 fully saturated rings. The Bertz CT molecular complexity index is 1080. The first-order chi connectivity index (χ1) is 13.4. The third-order valence-electron chi connectivity index (χ3n) is 6.47. The van der Waals surface area contributed by atoms with Crippen LogP contribution < -0.4 is 9.64 Å². The number of amides is 1. The summed E-state index contributed by atoms with van der Waals surface area (Å²) in [4.78, 5) is 15.7. The Morgan fingerprint density at radius 3 is 2.86 bits per heavy atom. The van der Waals surface area contributed by atoms with Gasteiger partial charge in [0.15, 0.2) is 9.84 Å². The molecule has 0 aromatic heterocycles. The van der Waals surface area contributed by atoms with E-state index in [9.17, 15) is 13.2 Å². The number of ether oxygens (including phenoxy) is 1. The first-order valence-corrected chi connectivity index (χ1v) is 11.7. The molecular weight excluding hydrogens is 374 g/mol. The third-order valence-corrected chi connectivity index (χ3v) is 7.58. The Morgan fingerprint density at radius 1 is 1.21 bits per heavy atom. The van der Waals surface area contributed by atoms with Crippen molar-refractivity contribution in [3.05, 3.63) is 53.6 Å². The molecule has 0 N–H and O–H groups in total. The summed E-state index contributed by atoms with van der Waals surface area (Å²) >= 11 is 0. The lowest BCUT2D eigenvalue weighted by Crippen LogP contribution is -2.39. The summed E-state index contributed by atoms with van der Waals surface area (Å²) in [6.07, 6.45) is 4.60. The highest BCUT2D eigenvalue weighted by Crippen LogP contribution is 2.61. The van der Waals surface area contributed by atoms with Gasteiger partial charge in [0.05, 0.1) is 11.5 Å². The topological polar surface area (TPSA) is 63.7 Å². The van der Waals surface area contributed by atoms with E-state index in [0.717, 1.165) is 48.2 Å². The summed E-state index contributed by atoms with van der Waals surface area (Å²) in [6.45, 7) is 1.34. The summed E-state index contributed by atoms with van der Waals surface area (Å²) in [7, 11) is -3.25. The van der Waals surface area contributed by atoms with Crippen molar-refractivity contribution in [1.29, 1.82) is 0 Å². The van der Waals surface area contributed by atoms with E-state index < -0.39 is 9.84 Å². The highest BCUT2D eigenvalue weighted by Gasteiger charge is 2.62. The zero-order valence-electron chi connectivity index (χ0n) is 15.8. The quantitative estimate of drug-likeness (QED) is 0.781. The van der Waals surface area contributed by atoms with Crippen LogP contribution in [-0.4, -0.2) is 33.7 Å². The van der Waals surface area contributed by atoms with Crippen LogP contribution in [0.15, 0.2) is 47.4 Å². The lowest BCUT2D eigenvalue weighted by Gasteiger charge is -2.32. The van der Waals surface area contributed by atoms with E-state index in [4.69, 9.17) is 4.74 Å². The molecule has 2 atom stereocenters. The van der Waals surface area contributed by atoms with Gasteiger partial charge in [-0.1, -0.05) is 18.2 Å². The predicted octanol–water partition coefficient (Wildman–Crippen LogP) is 3.11. The summed E-state index contributed by atoms with van der Waals surface area (Å²) in [6, 6.07) is 13.2. The maximum Gasteiger partial charge on any atom is 0.231 e. The van der Waals surface area contributed by atoms with Gasteiger partial charge in [0.1, 0.15) is 5.75 Å². The molecule has 2 aliphatic heterocycles. The third kappa shape index (κ3) is 2.65. The standard InChI is InChI=1S/C22H23NO4S/c1-28(25,26)16-8-9-19-15(13-16)5-4-11-23(19)21(24)18-14-22(18)10-12-27-20-7-3-2-6-17(20)22/h2-3,6-9,13,18H,4-5,10-12,14H2,1H3/t18-,22-/m0/s1. The van der Waals surface area contributed by atoms with Crippen LogP contribution in [0.2, 0.25) is 0 Å². The van der Waals surface area contributed by atoms with Crippen LogP contribution in [0.25, 0.3) is 0 Å². The van der Waals surface area contributed by atoms with E-state index >= 15 is 0 Å². The van der Waals surface area contributed by atoms with E-state index in [1.165, 1.54) is 6.26 Å². The molecular formula is C22H23NO4S. The number of hydrogen-bond donors (Lipinski definition) is 0. The van der Waals surface area contributed by atoms with E-state index in [1.54, 1.807) is 18.2 Å². The van der Waals surface area contributed by atoms with Crippen molar-refractivity contribution in [3.8, 4) is 5.75 Å². The average molecular weight is 397 g/mol. The molecule has 28 heavy (non-hydrogen) atoms. The Balaban J connectivity index is 1.46. The number of aryl methyl sites for hydroxylation is 1. The fourth-order valence-corrected chi connectivity index (χ4v) is 5.58. The van der Waals surface area contributed by atoms with E-state index in [-0.39, 0.29) is 17.2 Å². The Kier molecular flexibility index (Phi) is 3.85. The highest BCUT2D eigenvalue weighted by molar-refractivity contribution is 7.90. The molecule has 5 rings (SSSR count). The van der Waals surface area contributed by atoms with Gasteiger partial charge in [0.2, 0.25) is 5.91 Å². The Morgan fingerprint density at radius 2 is 2.04 bits per heavy atom. The first kappa shape index (κ1) is 17.7.